The van der Waals surface area contributed by atoms with Gasteiger partial charge in [0.2, 0.25) is 10.0 Å². The Balaban J connectivity index is 2.40. The number of sulfonamides is 1. The third kappa shape index (κ3) is 3.58. The third-order valence-electron chi connectivity index (χ3n) is 3.96. The number of aryl methyl sites for hydroxylation is 1. The lowest BCUT2D eigenvalue weighted by Gasteiger charge is -2.13. The maximum atomic E-state index is 13.5. The quantitative estimate of drug-likeness (QED) is 0.656. The van der Waals surface area contributed by atoms with Gasteiger partial charge in [0.25, 0.3) is 0 Å². The van der Waals surface area contributed by atoms with Gasteiger partial charge in [0.05, 0.1) is 4.90 Å². The first-order valence-electron chi connectivity index (χ1n) is 7.54. The number of primary sulfonamides is 1. The van der Waals surface area contributed by atoms with Crippen molar-refractivity contribution in [2.24, 2.45) is 5.14 Å². The zero-order valence-corrected chi connectivity index (χ0v) is 14.6. The van der Waals surface area contributed by atoms with Crippen molar-refractivity contribution in [1.29, 1.82) is 0 Å². The van der Waals surface area contributed by atoms with Gasteiger partial charge in [-0.05, 0) is 36.2 Å². The minimum atomic E-state index is -4.79. The highest BCUT2D eigenvalue weighted by Crippen LogP contribution is 2.43. The fourth-order valence-electron chi connectivity index (χ4n) is 2.82. The number of alkyl halides is 3. The fourth-order valence-corrected chi connectivity index (χ4v) is 3.56. The van der Waals surface area contributed by atoms with Gasteiger partial charge in [-0.15, -0.1) is 0 Å². The Kier molecular flexibility index (Phi) is 4.56. The smallest absolute Gasteiger partial charge is 0.272 e. The summed E-state index contributed by atoms with van der Waals surface area (Å²) in [6, 6.07) is 8.61. The Hall–Kier alpha value is -2.72. The van der Waals surface area contributed by atoms with Crippen LogP contribution in [0.4, 0.5) is 17.6 Å². The molecule has 3 aromatic rings. The van der Waals surface area contributed by atoms with E-state index in [4.69, 9.17) is 5.14 Å². The molecule has 142 valence electrons. The molecule has 1 heterocycles. The van der Waals surface area contributed by atoms with E-state index in [2.05, 4.69) is 5.10 Å². The average Bonchev–Trinajstić information content (AvgIpc) is 2.99. The molecule has 0 aliphatic heterocycles. The number of nitrogens with two attached hydrogens (primary N) is 1. The molecular formula is C17H13F4N3O2S. The average molecular weight is 399 g/mol. The topological polar surface area (TPSA) is 88.8 Å². The van der Waals surface area contributed by atoms with Crippen LogP contribution < -0.4 is 5.14 Å². The van der Waals surface area contributed by atoms with E-state index >= 15 is 0 Å². The van der Waals surface area contributed by atoms with E-state index in [9.17, 15) is 26.0 Å². The molecule has 0 saturated carbocycles. The third-order valence-corrected chi connectivity index (χ3v) is 4.93. The van der Waals surface area contributed by atoms with Crippen molar-refractivity contribution >= 4 is 10.0 Å². The zero-order valence-electron chi connectivity index (χ0n) is 13.8. The molecular weight excluding hydrogens is 386 g/mol. The van der Waals surface area contributed by atoms with E-state index in [1.807, 2.05) is 5.10 Å². The van der Waals surface area contributed by atoms with Crippen molar-refractivity contribution in [3.8, 4) is 22.4 Å². The van der Waals surface area contributed by atoms with E-state index in [0.717, 1.165) is 12.1 Å². The first-order valence-corrected chi connectivity index (χ1v) is 9.09. The summed E-state index contributed by atoms with van der Waals surface area (Å²) < 4.78 is 77.7. The molecule has 0 bridgehead atoms. The number of H-pyrrole nitrogens is 1. The molecule has 0 unspecified atom stereocenters. The standard InChI is InChI=1S/C17H13F4N3O2S/c1-9-8-10(18)6-7-11(9)14-15(23-24-16(14)17(19,20)21)12-4-2-3-5-13(12)27(22,25)26/h2-8H,1H3,(H,23,24)(H2,22,25,26). The van der Waals surface area contributed by atoms with Gasteiger partial charge in [0.15, 0.2) is 0 Å². The first kappa shape index (κ1) is 19.1. The zero-order chi connectivity index (χ0) is 20.0. The van der Waals surface area contributed by atoms with E-state index in [0.29, 0.717) is 0 Å². The molecule has 10 heteroatoms. The summed E-state index contributed by atoms with van der Waals surface area (Å²) in [5.41, 5.74) is -1.59. The van der Waals surface area contributed by atoms with Gasteiger partial charge in [0.1, 0.15) is 17.2 Å². The predicted molar refractivity (Wildman–Crippen MR) is 90.5 cm³/mol. The first-order chi connectivity index (χ1) is 12.5. The Morgan fingerprint density at radius 2 is 1.74 bits per heavy atom. The summed E-state index contributed by atoms with van der Waals surface area (Å²) in [6.07, 6.45) is -4.79. The Morgan fingerprint density at radius 1 is 1.07 bits per heavy atom. The number of benzene rings is 2. The second-order valence-electron chi connectivity index (χ2n) is 5.82. The molecule has 27 heavy (non-hydrogen) atoms. The molecule has 0 spiro atoms. The van der Waals surface area contributed by atoms with Crippen LogP contribution in [0.25, 0.3) is 22.4 Å². The van der Waals surface area contributed by atoms with Gasteiger partial charge in [-0.1, -0.05) is 24.3 Å². The van der Waals surface area contributed by atoms with Crippen LogP contribution in [0.3, 0.4) is 0 Å². The van der Waals surface area contributed by atoms with Gasteiger partial charge < -0.3 is 0 Å². The molecule has 2 aromatic carbocycles. The van der Waals surface area contributed by atoms with Crippen molar-refractivity contribution < 1.29 is 26.0 Å². The number of rotatable bonds is 3. The van der Waals surface area contributed by atoms with Gasteiger partial charge in [-0.2, -0.15) is 18.3 Å². The molecule has 0 fully saturated rings. The van der Waals surface area contributed by atoms with Crippen LogP contribution >= 0.6 is 0 Å². The van der Waals surface area contributed by atoms with Crippen molar-refractivity contribution in [3.05, 3.63) is 59.5 Å². The normalized spacial score (nSPS) is 12.4. The highest BCUT2D eigenvalue weighted by atomic mass is 32.2. The molecule has 0 saturated heterocycles. The van der Waals surface area contributed by atoms with Crippen LogP contribution in [0.1, 0.15) is 11.3 Å². The summed E-state index contributed by atoms with van der Waals surface area (Å²) in [5.74, 6) is -0.611. The number of nitrogens with one attached hydrogen (secondary N) is 1. The molecule has 3 rings (SSSR count). The minimum Gasteiger partial charge on any atom is -0.272 e. The van der Waals surface area contributed by atoms with Crippen molar-refractivity contribution in [2.45, 2.75) is 18.0 Å². The second-order valence-corrected chi connectivity index (χ2v) is 7.35. The SMILES string of the molecule is Cc1cc(F)ccc1-c1c(-c2ccccc2S(N)(=O)=O)n[nH]c1C(F)(F)F. The van der Waals surface area contributed by atoms with Gasteiger partial charge in [-0.25, -0.2) is 17.9 Å². The fraction of sp³-hybridized carbons (Fsp3) is 0.118. The number of hydrogen-bond donors (Lipinski definition) is 2. The molecule has 0 aliphatic carbocycles. The van der Waals surface area contributed by atoms with Crippen LogP contribution in [-0.2, 0) is 16.2 Å². The lowest BCUT2D eigenvalue weighted by Crippen LogP contribution is -2.13. The van der Waals surface area contributed by atoms with Crippen LogP contribution in [0.2, 0.25) is 0 Å². The van der Waals surface area contributed by atoms with E-state index in [-0.39, 0.29) is 32.8 Å². The summed E-state index contributed by atoms with van der Waals surface area (Å²) in [7, 11) is -4.22. The van der Waals surface area contributed by atoms with Gasteiger partial charge >= 0.3 is 6.18 Å². The number of halogens is 4. The van der Waals surface area contributed by atoms with Gasteiger partial charge in [0, 0.05) is 11.1 Å². The van der Waals surface area contributed by atoms with Crippen LogP contribution in [0, 0.1) is 12.7 Å². The largest absolute Gasteiger partial charge is 0.433 e. The van der Waals surface area contributed by atoms with Crippen molar-refractivity contribution in [2.75, 3.05) is 0 Å². The molecule has 0 amide bonds. The molecule has 3 N–H and O–H groups in total. The van der Waals surface area contributed by atoms with E-state index in [1.165, 1.54) is 37.3 Å². The molecule has 0 aliphatic rings. The lowest BCUT2D eigenvalue weighted by molar-refractivity contribution is -0.140. The number of hydrogen-bond acceptors (Lipinski definition) is 3. The van der Waals surface area contributed by atoms with Crippen LogP contribution in [0.15, 0.2) is 47.4 Å². The van der Waals surface area contributed by atoms with Crippen molar-refractivity contribution in [3.63, 3.8) is 0 Å². The maximum Gasteiger partial charge on any atom is 0.433 e. The van der Waals surface area contributed by atoms with Crippen LogP contribution in [0.5, 0.6) is 0 Å². The predicted octanol–water partition coefficient (Wildman–Crippen LogP) is 3.86. The van der Waals surface area contributed by atoms with E-state index < -0.39 is 27.7 Å². The minimum absolute atomic E-state index is 0.0664. The summed E-state index contributed by atoms with van der Waals surface area (Å²) in [5, 5.41) is 10.8. The highest BCUT2D eigenvalue weighted by molar-refractivity contribution is 7.89. The Bertz CT molecular complexity index is 1120. The Labute approximate surface area is 151 Å². The molecule has 0 atom stereocenters. The maximum absolute atomic E-state index is 13.5. The molecule has 1 aromatic heterocycles. The molecule has 0 radical (unpaired) electrons. The summed E-state index contributed by atoms with van der Waals surface area (Å²) in [6.45, 7) is 1.45. The summed E-state index contributed by atoms with van der Waals surface area (Å²) >= 11 is 0. The van der Waals surface area contributed by atoms with Crippen molar-refractivity contribution in [1.82, 2.24) is 10.2 Å². The van der Waals surface area contributed by atoms with Crippen LogP contribution in [-0.4, -0.2) is 18.6 Å². The Morgan fingerprint density at radius 3 is 2.33 bits per heavy atom. The molecule has 5 nitrogen and oxygen atoms in total. The monoisotopic (exact) mass is 399 g/mol. The second kappa shape index (κ2) is 6.46. The lowest BCUT2D eigenvalue weighted by atomic mass is 9.95. The number of aromatic amines is 1. The van der Waals surface area contributed by atoms with Gasteiger partial charge in [-0.3, -0.25) is 5.10 Å². The summed E-state index contributed by atoms with van der Waals surface area (Å²) in [4.78, 5) is -0.369. The number of nitrogens with zero attached hydrogens (tertiary/aromatic N) is 1. The highest BCUT2D eigenvalue weighted by Gasteiger charge is 2.39. The van der Waals surface area contributed by atoms with E-state index in [1.54, 1.807) is 0 Å². The number of aromatic nitrogens is 2.